The SMILES string of the molecule is OC[C@H]1O[C@@H](n2cncc2Br)C[C@@H]1O. The molecule has 1 aliphatic rings. The van der Waals surface area contributed by atoms with Gasteiger partial charge in [-0.2, -0.15) is 0 Å². The molecule has 0 amide bonds. The Morgan fingerprint density at radius 3 is 3.00 bits per heavy atom. The van der Waals surface area contributed by atoms with Crippen molar-refractivity contribution < 1.29 is 14.9 Å². The number of aliphatic hydroxyl groups excluding tert-OH is 2. The van der Waals surface area contributed by atoms with Crippen molar-refractivity contribution in [3.05, 3.63) is 17.1 Å². The highest BCUT2D eigenvalue weighted by molar-refractivity contribution is 9.10. The molecule has 3 atom stereocenters. The number of aliphatic hydroxyl groups is 2. The van der Waals surface area contributed by atoms with E-state index >= 15 is 0 Å². The molecule has 0 aliphatic carbocycles. The molecular formula is C8H11BrN2O3. The molecule has 0 aromatic carbocycles. The molecule has 6 heteroatoms. The van der Waals surface area contributed by atoms with E-state index in [0.717, 1.165) is 4.60 Å². The fraction of sp³-hybridized carbons (Fsp3) is 0.625. The predicted octanol–water partition coefficient (Wildman–Crippen LogP) is 0.286. The highest BCUT2D eigenvalue weighted by atomic mass is 79.9. The van der Waals surface area contributed by atoms with Crippen LogP contribution in [0.2, 0.25) is 0 Å². The minimum absolute atomic E-state index is 0.163. The van der Waals surface area contributed by atoms with Gasteiger partial charge in [-0.1, -0.05) is 0 Å². The summed E-state index contributed by atoms with van der Waals surface area (Å²) in [5, 5.41) is 18.4. The quantitative estimate of drug-likeness (QED) is 0.804. The summed E-state index contributed by atoms with van der Waals surface area (Å²) < 4.78 is 8.02. The molecule has 0 radical (unpaired) electrons. The molecule has 0 spiro atoms. The van der Waals surface area contributed by atoms with Crippen LogP contribution in [0, 0.1) is 0 Å². The van der Waals surface area contributed by atoms with Crippen molar-refractivity contribution in [3.8, 4) is 0 Å². The summed E-state index contributed by atoms with van der Waals surface area (Å²) in [7, 11) is 0. The molecule has 78 valence electrons. The van der Waals surface area contributed by atoms with E-state index < -0.39 is 12.2 Å². The van der Waals surface area contributed by atoms with E-state index in [1.54, 1.807) is 17.1 Å². The molecule has 0 saturated carbocycles. The van der Waals surface area contributed by atoms with Crippen LogP contribution in [-0.4, -0.2) is 38.6 Å². The van der Waals surface area contributed by atoms with Gasteiger partial charge in [0.1, 0.15) is 16.9 Å². The summed E-state index contributed by atoms with van der Waals surface area (Å²) in [6.07, 6.45) is 2.40. The van der Waals surface area contributed by atoms with Crippen LogP contribution in [-0.2, 0) is 4.74 Å². The fourth-order valence-corrected chi connectivity index (χ4v) is 1.99. The van der Waals surface area contributed by atoms with Gasteiger partial charge in [-0.3, -0.25) is 4.57 Å². The van der Waals surface area contributed by atoms with Crippen molar-refractivity contribution in [2.45, 2.75) is 24.9 Å². The number of ether oxygens (including phenoxy) is 1. The molecule has 1 fully saturated rings. The van der Waals surface area contributed by atoms with Crippen molar-refractivity contribution >= 4 is 15.9 Å². The Morgan fingerprint density at radius 1 is 1.71 bits per heavy atom. The Bertz CT molecular complexity index is 317. The van der Waals surface area contributed by atoms with Crippen molar-refractivity contribution in [3.63, 3.8) is 0 Å². The molecule has 1 aromatic rings. The monoisotopic (exact) mass is 262 g/mol. The average Bonchev–Trinajstić information content (AvgIpc) is 2.71. The number of hydrogen-bond donors (Lipinski definition) is 2. The van der Waals surface area contributed by atoms with E-state index in [4.69, 9.17) is 9.84 Å². The van der Waals surface area contributed by atoms with E-state index in [0.29, 0.717) is 6.42 Å². The summed E-state index contributed by atoms with van der Waals surface area (Å²) in [5.41, 5.74) is 0. The van der Waals surface area contributed by atoms with Crippen LogP contribution in [0.1, 0.15) is 12.6 Å². The minimum atomic E-state index is -0.612. The van der Waals surface area contributed by atoms with E-state index in [9.17, 15) is 5.11 Å². The molecule has 2 rings (SSSR count). The van der Waals surface area contributed by atoms with Gasteiger partial charge in [0.25, 0.3) is 0 Å². The second-order valence-corrected chi connectivity index (χ2v) is 4.05. The highest BCUT2D eigenvalue weighted by Gasteiger charge is 2.34. The first-order valence-corrected chi connectivity index (χ1v) is 5.13. The van der Waals surface area contributed by atoms with Crippen LogP contribution in [0.5, 0.6) is 0 Å². The molecule has 5 nitrogen and oxygen atoms in total. The lowest BCUT2D eigenvalue weighted by Gasteiger charge is -2.13. The molecule has 0 bridgehead atoms. The molecule has 1 aromatic heterocycles. The smallest absolute Gasteiger partial charge is 0.138 e. The third-order valence-corrected chi connectivity index (χ3v) is 2.93. The van der Waals surface area contributed by atoms with Crippen LogP contribution in [0.4, 0.5) is 0 Å². The maximum Gasteiger partial charge on any atom is 0.138 e. The number of halogens is 1. The van der Waals surface area contributed by atoms with Gasteiger partial charge in [0, 0.05) is 6.42 Å². The molecule has 2 N–H and O–H groups in total. The highest BCUT2D eigenvalue weighted by Crippen LogP contribution is 2.30. The van der Waals surface area contributed by atoms with E-state index in [1.165, 1.54) is 0 Å². The zero-order chi connectivity index (χ0) is 10.1. The third kappa shape index (κ3) is 1.70. The molecular weight excluding hydrogens is 252 g/mol. The molecule has 1 aliphatic heterocycles. The van der Waals surface area contributed by atoms with Gasteiger partial charge in [-0.05, 0) is 15.9 Å². The minimum Gasteiger partial charge on any atom is -0.394 e. The van der Waals surface area contributed by atoms with Gasteiger partial charge in [0.15, 0.2) is 0 Å². The normalized spacial score (nSPS) is 32.4. The van der Waals surface area contributed by atoms with Crippen molar-refractivity contribution in [2.24, 2.45) is 0 Å². The van der Waals surface area contributed by atoms with Gasteiger partial charge >= 0.3 is 0 Å². The summed E-state index contributed by atoms with van der Waals surface area (Å²) in [4.78, 5) is 3.93. The summed E-state index contributed by atoms with van der Waals surface area (Å²) in [6, 6.07) is 0. The lowest BCUT2D eigenvalue weighted by Crippen LogP contribution is -2.24. The van der Waals surface area contributed by atoms with Gasteiger partial charge in [-0.25, -0.2) is 4.98 Å². The second kappa shape index (κ2) is 3.98. The topological polar surface area (TPSA) is 67.5 Å². The zero-order valence-corrected chi connectivity index (χ0v) is 8.96. The van der Waals surface area contributed by atoms with Crippen LogP contribution in [0.3, 0.4) is 0 Å². The lowest BCUT2D eigenvalue weighted by molar-refractivity contribution is -0.0450. The van der Waals surface area contributed by atoms with Crippen LogP contribution in [0.25, 0.3) is 0 Å². The standard InChI is InChI=1S/C8H11BrN2O3/c9-7-2-10-4-11(7)8-1-5(13)6(3-12)14-8/h2,4-6,8,12-13H,1,3H2/t5-,6+,8+/m0/s1. The maximum atomic E-state index is 9.52. The average molecular weight is 263 g/mol. The number of nitrogens with zero attached hydrogens (tertiary/aromatic N) is 2. The molecule has 1 saturated heterocycles. The summed E-state index contributed by atoms with van der Waals surface area (Å²) in [5.74, 6) is 0. The van der Waals surface area contributed by atoms with E-state index in [1.807, 2.05) is 0 Å². The van der Waals surface area contributed by atoms with Crippen LogP contribution in [0.15, 0.2) is 17.1 Å². The fourth-order valence-electron chi connectivity index (χ4n) is 1.55. The zero-order valence-electron chi connectivity index (χ0n) is 7.38. The maximum absolute atomic E-state index is 9.52. The van der Waals surface area contributed by atoms with Gasteiger partial charge in [-0.15, -0.1) is 0 Å². The third-order valence-electron chi connectivity index (χ3n) is 2.31. The van der Waals surface area contributed by atoms with Crippen LogP contribution < -0.4 is 0 Å². The second-order valence-electron chi connectivity index (χ2n) is 3.24. The van der Waals surface area contributed by atoms with Crippen LogP contribution >= 0.6 is 15.9 Å². The Kier molecular flexibility index (Phi) is 2.87. The Morgan fingerprint density at radius 2 is 2.50 bits per heavy atom. The number of imidazole rings is 1. The van der Waals surface area contributed by atoms with Crippen molar-refractivity contribution in [1.29, 1.82) is 0 Å². The number of aromatic nitrogens is 2. The number of rotatable bonds is 2. The Hall–Kier alpha value is -0.430. The number of hydrogen-bond acceptors (Lipinski definition) is 4. The molecule has 2 heterocycles. The van der Waals surface area contributed by atoms with Gasteiger partial charge in [0.2, 0.25) is 0 Å². The van der Waals surface area contributed by atoms with E-state index in [2.05, 4.69) is 20.9 Å². The molecule has 14 heavy (non-hydrogen) atoms. The lowest BCUT2D eigenvalue weighted by atomic mass is 10.2. The summed E-state index contributed by atoms with van der Waals surface area (Å²) >= 11 is 3.31. The Balaban J connectivity index is 2.12. The first kappa shape index (κ1) is 10.1. The van der Waals surface area contributed by atoms with Crippen molar-refractivity contribution in [2.75, 3.05) is 6.61 Å². The molecule has 0 unspecified atom stereocenters. The predicted molar refractivity (Wildman–Crippen MR) is 51.5 cm³/mol. The summed E-state index contributed by atoms with van der Waals surface area (Å²) in [6.45, 7) is -0.163. The Labute approximate surface area is 89.5 Å². The van der Waals surface area contributed by atoms with Crippen molar-refractivity contribution in [1.82, 2.24) is 9.55 Å². The largest absolute Gasteiger partial charge is 0.394 e. The van der Waals surface area contributed by atoms with E-state index in [-0.39, 0.29) is 12.8 Å². The first-order valence-electron chi connectivity index (χ1n) is 4.34. The first-order chi connectivity index (χ1) is 6.72. The van der Waals surface area contributed by atoms with Gasteiger partial charge in [0.05, 0.1) is 25.2 Å². The van der Waals surface area contributed by atoms with Gasteiger partial charge < -0.3 is 14.9 Å².